The molecule has 2 aromatic rings. The molecule has 2 aromatic carbocycles. The molecule has 0 unspecified atom stereocenters. The highest BCUT2D eigenvalue weighted by atomic mass is 16.7. The van der Waals surface area contributed by atoms with Gasteiger partial charge in [0, 0.05) is 31.5 Å². The first-order chi connectivity index (χ1) is 13.6. The van der Waals surface area contributed by atoms with Gasteiger partial charge < -0.3 is 18.9 Å². The maximum Gasteiger partial charge on any atom is 0.303 e. The zero-order valence-corrected chi connectivity index (χ0v) is 16.4. The number of benzene rings is 2. The number of rotatable bonds is 5. The van der Waals surface area contributed by atoms with Crippen LogP contribution in [0.25, 0.3) is 0 Å². The van der Waals surface area contributed by atoms with Crippen molar-refractivity contribution in [3.63, 3.8) is 0 Å². The van der Waals surface area contributed by atoms with Crippen LogP contribution in [-0.2, 0) is 16.0 Å². The minimum atomic E-state index is -0.341. The second-order valence-electron chi connectivity index (χ2n) is 7.21. The van der Waals surface area contributed by atoms with Crippen LogP contribution < -0.4 is 14.2 Å². The van der Waals surface area contributed by atoms with Gasteiger partial charge in [0.15, 0.2) is 11.5 Å². The summed E-state index contributed by atoms with van der Waals surface area (Å²) >= 11 is 0. The van der Waals surface area contributed by atoms with Gasteiger partial charge in [-0.25, -0.2) is 0 Å². The second-order valence-corrected chi connectivity index (χ2v) is 7.21. The summed E-state index contributed by atoms with van der Waals surface area (Å²) in [4.78, 5) is 14.1. The van der Waals surface area contributed by atoms with Crippen LogP contribution in [0.2, 0.25) is 0 Å². The zero-order chi connectivity index (χ0) is 19.7. The van der Waals surface area contributed by atoms with Gasteiger partial charge in [-0.1, -0.05) is 30.3 Å². The van der Waals surface area contributed by atoms with Gasteiger partial charge in [0.25, 0.3) is 0 Å². The molecule has 148 valence electrons. The Balaban J connectivity index is 1.74. The first-order valence-electron chi connectivity index (χ1n) is 9.50. The van der Waals surface area contributed by atoms with Crippen molar-refractivity contribution in [3.8, 4) is 17.2 Å². The fraction of sp³-hybridized carbons (Fsp3) is 0.409. The molecule has 6 heteroatoms. The summed E-state index contributed by atoms with van der Waals surface area (Å²) in [6.07, 6.45) is 1.19. The molecule has 2 aliphatic heterocycles. The number of hydrogen-bond acceptors (Lipinski definition) is 6. The normalized spacial score (nSPS) is 19.0. The SMILES string of the molecule is COc1c2c(cc3c1[C@@H](C[C@H](OC(C)=O)c1ccccc1)N(C)CC3)OCO2. The summed E-state index contributed by atoms with van der Waals surface area (Å²) in [7, 11) is 3.75. The Morgan fingerprint density at radius 1 is 1.29 bits per heavy atom. The van der Waals surface area contributed by atoms with E-state index in [1.165, 1.54) is 12.5 Å². The molecule has 0 radical (unpaired) electrons. The minimum absolute atomic E-state index is 0.0257. The van der Waals surface area contributed by atoms with Crippen molar-refractivity contribution >= 4 is 5.97 Å². The van der Waals surface area contributed by atoms with E-state index in [-0.39, 0.29) is 24.9 Å². The van der Waals surface area contributed by atoms with Gasteiger partial charge in [-0.3, -0.25) is 9.69 Å². The lowest BCUT2D eigenvalue weighted by Gasteiger charge is -2.37. The summed E-state index contributed by atoms with van der Waals surface area (Å²) in [5.41, 5.74) is 3.27. The number of ether oxygens (including phenoxy) is 4. The lowest BCUT2D eigenvalue weighted by molar-refractivity contribution is -0.147. The smallest absolute Gasteiger partial charge is 0.303 e. The monoisotopic (exact) mass is 383 g/mol. The number of methoxy groups -OCH3 is 1. The van der Waals surface area contributed by atoms with E-state index < -0.39 is 0 Å². The highest BCUT2D eigenvalue weighted by Gasteiger charge is 2.36. The molecule has 0 spiro atoms. The minimum Gasteiger partial charge on any atom is -0.492 e. The third kappa shape index (κ3) is 3.40. The molecule has 0 aliphatic carbocycles. The molecule has 28 heavy (non-hydrogen) atoms. The number of carbonyl (C=O) groups is 1. The van der Waals surface area contributed by atoms with Crippen molar-refractivity contribution in [1.82, 2.24) is 4.90 Å². The van der Waals surface area contributed by atoms with Crippen LogP contribution in [-0.4, -0.2) is 38.4 Å². The third-order valence-corrected chi connectivity index (χ3v) is 5.46. The number of likely N-dealkylation sites (N-methyl/N-ethyl adjacent to an activating group) is 1. The van der Waals surface area contributed by atoms with Crippen molar-refractivity contribution in [3.05, 3.63) is 53.1 Å². The number of carbonyl (C=O) groups excluding carboxylic acids is 1. The molecular weight excluding hydrogens is 358 g/mol. The molecule has 0 saturated carbocycles. The van der Waals surface area contributed by atoms with E-state index >= 15 is 0 Å². The van der Waals surface area contributed by atoms with Crippen molar-refractivity contribution in [2.45, 2.75) is 31.9 Å². The predicted octanol–water partition coefficient (Wildman–Crippen LogP) is 3.65. The van der Waals surface area contributed by atoms with Crippen LogP contribution in [0.3, 0.4) is 0 Å². The molecule has 6 nitrogen and oxygen atoms in total. The fourth-order valence-electron chi connectivity index (χ4n) is 4.15. The predicted molar refractivity (Wildman–Crippen MR) is 104 cm³/mol. The lowest BCUT2D eigenvalue weighted by atomic mass is 9.87. The van der Waals surface area contributed by atoms with E-state index in [9.17, 15) is 4.79 Å². The molecular formula is C22H25NO5. The number of fused-ring (bicyclic) bond motifs is 2. The van der Waals surface area contributed by atoms with Crippen molar-refractivity contribution in [2.75, 3.05) is 27.5 Å². The summed E-state index contributed by atoms with van der Waals surface area (Å²) < 4.78 is 22.7. The Kier molecular flexibility index (Phi) is 5.13. The van der Waals surface area contributed by atoms with E-state index in [2.05, 4.69) is 18.0 Å². The molecule has 0 fully saturated rings. The van der Waals surface area contributed by atoms with Crippen LogP contribution in [0.5, 0.6) is 17.2 Å². The Morgan fingerprint density at radius 3 is 2.79 bits per heavy atom. The standard InChI is InChI=1S/C22H25NO5/c1-14(24)28-18(15-7-5-4-6-8-15)12-17-20-16(9-10-23(17)2)11-19-21(22(20)25-3)27-13-26-19/h4-8,11,17-18H,9-10,12-13H2,1-3H3/t17-,18+/m1/s1. The average Bonchev–Trinajstić information content (AvgIpc) is 3.16. The third-order valence-electron chi connectivity index (χ3n) is 5.46. The summed E-state index contributed by atoms with van der Waals surface area (Å²) in [5, 5.41) is 0. The van der Waals surface area contributed by atoms with Gasteiger partial charge in [0.05, 0.1) is 7.11 Å². The molecule has 2 aliphatic rings. The van der Waals surface area contributed by atoms with Crippen LogP contribution in [0.1, 0.15) is 42.2 Å². The van der Waals surface area contributed by atoms with Gasteiger partial charge >= 0.3 is 5.97 Å². The first-order valence-corrected chi connectivity index (χ1v) is 9.50. The Bertz CT molecular complexity index is 867. The van der Waals surface area contributed by atoms with Crippen LogP contribution in [0.4, 0.5) is 0 Å². The maximum absolute atomic E-state index is 11.8. The van der Waals surface area contributed by atoms with Crippen molar-refractivity contribution in [1.29, 1.82) is 0 Å². The highest BCUT2D eigenvalue weighted by Crippen LogP contribution is 2.51. The Morgan fingerprint density at radius 2 is 2.07 bits per heavy atom. The summed E-state index contributed by atoms with van der Waals surface area (Å²) in [5.74, 6) is 1.82. The van der Waals surface area contributed by atoms with E-state index in [4.69, 9.17) is 18.9 Å². The molecule has 0 amide bonds. The molecule has 2 atom stereocenters. The molecule has 0 bridgehead atoms. The molecule has 0 N–H and O–H groups in total. The Hall–Kier alpha value is -2.73. The van der Waals surface area contributed by atoms with Gasteiger partial charge in [0.1, 0.15) is 6.10 Å². The maximum atomic E-state index is 11.8. The fourth-order valence-corrected chi connectivity index (χ4v) is 4.15. The topological polar surface area (TPSA) is 57.2 Å². The van der Waals surface area contributed by atoms with Crippen LogP contribution in [0.15, 0.2) is 36.4 Å². The van der Waals surface area contributed by atoms with Crippen LogP contribution in [0, 0.1) is 0 Å². The van der Waals surface area contributed by atoms with E-state index in [0.717, 1.165) is 35.6 Å². The van der Waals surface area contributed by atoms with Crippen molar-refractivity contribution in [2.24, 2.45) is 0 Å². The largest absolute Gasteiger partial charge is 0.492 e. The molecule has 4 rings (SSSR count). The number of nitrogens with zero attached hydrogens (tertiary/aromatic N) is 1. The van der Waals surface area contributed by atoms with Gasteiger partial charge in [-0.05, 0) is 30.7 Å². The van der Waals surface area contributed by atoms with E-state index in [1.54, 1.807) is 7.11 Å². The quantitative estimate of drug-likeness (QED) is 0.735. The lowest BCUT2D eigenvalue weighted by Crippen LogP contribution is -2.34. The summed E-state index contributed by atoms with van der Waals surface area (Å²) in [6, 6.07) is 12.0. The van der Waals surface area contributed by atoms with Crippen molar-refractivity contribution < 1.29 is 23.7 Å². The summed E-state index contributed by atoms with van der Waals surface area (Å²) in [6.45, 7) is 2.56. The Labute approximate surface area is 165 Å². The highest BCUT2D eigenvalue weighted by molar-refractivity contribution is 5.66. The zero-order valence-electron chi connectivity index (χ0n) is 16.4. The van der Waals surface area contributed by atoms with Crippen LogP contribution >= 0.6 is 0 Å². The first kappa shape index (κ1) is 18.6. The number of hydrogen-bond donors (Lipinski definition) is 0. The number of esters is 1. The average molecular weight is 383 g/mol. The van der Waals surface area contributed by atoms with Gasteiger partial charge in [-0.2, -0.15) is 0 Å². The van der Waals surface area contributed by atoms with E-state index in [1.807, 2.05) is 30.3 Å². The second kappa shape index (κ2) is 7.72. The van der Waals surface area contributed by atoms with Gasteiger partial charge in [0.2, 0.25) is 12.5 Å². The molecule has 0 saturated heterocycles. The molecule has 0 aromatic heterocycles. The molecule has 2 heterocycles. The van der Waals surface area contributed by atoms with Gasteiger partial charge in [-0.15, -0.1) is 0 Å². The van der Waals surface area contributed by atoms with E-state index in [0.29, 0.717) is 12.2 Å².